The summed E-state index contributed by atoms with van der Waals surface area (Å²) in [5.74, 6) is 0.316. The second-order valence-electron chi connectivity index (χ2n) is 10.4. The lowest BCUT2D eigenvalue weighted by atomic mass is 9.72. The standard InChI is InChI=1S/C27H45NO3S/c1-6-8-9-10-11-12-13-14-15-16-23(29)28-25-24(26(30)31-7-2)21-18-17-20(27(3,4)5)19-22(21)32-25/h20H,6-19H2,1-5H3,(H,28,29). The van der Waals surface area contributed by atoms with Crippen molar-refractivity contribution in [3.63, 3.8) is 0 Å². The van der Waals surface area contributed by atoms with E-state index < -0.39 is 0 Å². The molecule has 1 unspecified atom stereocenters. The molecule has 1 N–H and O–H groups in total. The summed E-state index contributed by atoms with van der Waals surface area (Å²) in [7, 11) is 0. The lowest BCUT2D eigenvalue weighted by Gasteiger charge is -2.33. The van der Waals surface area contributed by atoms with E-state index >= 15 is 0 Å². The highest BCUT2D eigenvalue weighted by molar-refractivity contribution is 7.17. The number of hydrogen-bond donors (Lipinski definition) is 1. The molecule has 0 saturated heterocycles. The van der Waals surface area contributed by atoms with Crippen LogP contribution in [0.3, 0.4) is 0 Å². The first-order valence-corrected chi connectivity index (χ1v) is 13.7. The van der Waals surface area contributed by atoms with Gasteiger partial charge in [0.1, 0.15) is 5.00 Å². The van der Waals surface area contributed by atoms with E-state index in [0.29, 0.717) is 29.5 Å². The number of esters is 1. The van der Waals surface area contributed by atoms with Crippen molar-refractivity contribution in [2.75, 3.05) is 11.9 Å². The molecule has 32 heavy (non-hydrogen) atoms. The van der Waals surface area contributed by atoms with Crippen LogP contribution >= 0.6 is 11.3 Å². The summed E-state index contributed by atoms with van der Waals surface area (Å²) in [5.41, 5.74) is 1.96. The van der Waals surface area contributed by atoms with E-state index in [1.54, 1.807) is 11.3 Å². The molecule has 2 rings (SSSR count). The highest BCUT2D eigenvalue weighted by Crippen LogP contribution is 2.44. The number of thiophene rings is 1. The number of rotatable bonds is 13. The molecular weight excluding hydrogens is 418 g/mol. The first-order valence-electron chi connectivity index (χ1n) is 12.9. The van der Waals surface area contributed by atoms with Gasteiger partial charge in [0.25, 0.3) is 0 Å². The Morgan fingerprint density at radius 1 is 1.00 bits per heavy atom. The van der Waals surface area contributed by atoms with Gasteiger partial charge < -0.3 is 10.1 Å². The fourth-order valence-corrected chi connectivity index (χ4v) is 5.95. The molecule has 5 heteroatoms. The second kappa shape index (κ2) is 13.4. The summed E-state index contributed by atoms with van der Waals surface area (Å²) in [6.07, 6.45) is 14.6. The summed E-state index contributed by atoms with van der Waals surface area (Å²) in [6, 6.07) is 0. The Morgan fingerprint density at radius 2 is 1.62 bits per heavy atom. The quantitative estimate of drug-likeness (QED) is 0.239. The predicted molar refractivity (Wildman–Crippen MR) is 136 cm³/mol. The first kappa shape index (κ1) is 26.9. The molecule has 1 aromatic rings. The van der Waals surface area contributed by atoms with Crippen LogP contribution in [0.5, 0.6) is 0 Å². The summed E-state index contributed by atoms with van der Waals surface area (Å²) in [4.78, 5) is 26.6. The fraction of sp³-hybridized carbons (Fsp3) is 0.778. The van der Waals surface area contributed by atoms with Crippen LogP contribution < -0.4 is 5.32 Å². The number of unbranched alkanes of at least 4 members (excludes halogenated alkanes) is 8. The predicted octanol–water partition coefficient (Wildman–Crippen LogP) is 7.94. The largest absolute Gasteiger partial charge is 0.462 e. The molecule has 182 valence electrons. The number of anilines is 1. The number of amides is 1. The van der Waals surface area contributed by atoms with E-state index in [-0.39, 0.29) is 17.3 Å². The molecule has 1 amide bonds. The Kier molecular flexibility index (Phi) is 11.2. The molecule has 1 atom stereocenters. The Morgan fingerprint density at radius 3 is 2.22 bits per heavy atom. The Hall–Kier alpha value is -1.36. The zero-order valence-electron chi connectivity index (χ0n) is 21.1. The van der Waals surface area contributed by atoms with Crippen LogP contribution in [0.25, 0.3) is 0 Å². The maximum absolute atomic E-state index is 12.7. The van der Waals surface area contributed by atoms with Gasteiger partial charge in [0.15, 0.2) is 0 Å². The molecule has 0 spiro atoms. The highest BCUT2D eigenvalue weighted by atomic mass is 32.1. The van der Waals surface area contributed by atoms with Crippen molar-refractivity contribution in [3.05, 3.63) is 16.0 Å². The average Bonchev–Trinajstić information content (AvgIpc) is 3.09. The second-order valence-corrected chi connectivity index (χ2v) is 11.5. The van der Waals surface area contributed by atoms with Crippen molar-refractivity contribution in [1.82, 2.24) is 0 Å². The van der Waals surface area contributed by atoms with Gasteiger partial charge in [-0.25, -0.2) is 4.79 Å². The minimum atomic E-state index is -0.294. The van der Waals surface area contributed by atoms with Crippen LogP contribution in [0.2, 0.25) is 0 Å². The minimum Gasteiger partial charge on any atom is -0.462 e. The van der Waals surface area contributed by atoms with Gasteiger partial charge in [-0.15, -0.1) is 11.3 Å². The molecule has 0 saturated carbocycles. The van der Waals surface area contributed by atoms with Crippen molar-refractivity contribution in [2.45, 2.75) is 118 Å². The molecule has 1 heterocycles. The third kappa shape index (κ3) is 8.20. The van der Waals surface area contributed by atoms with Gasteiger partial charge in [0, 0.05) is 11.3 Å². The molecule has 0 fully saturated rings. The van der Waals surface area contributed by atoms with Gasteiger partial charge in [-0.2, -0.15) is 0 Å². The molecule has 0 aliphatic heterocycles. The van der Waals surface area contributed by atoms with Crippen molar-refractivity contribution >= 4 is 28.2 Å². The SMILES string of the molecule is CCCCCCCCCCCC(=O)Nc1sc2c(c1C(=O)OCC)CCC(C(C)(C)C)C2. The summed E-state index contributed by atoms with van der Waals surface area (Å²) < 4.78 is 5.35. The molecule has 0 bridgehead atoms. The van der Waals surface area contributed by atoms with E-state index in [4.69, 9.17) is 4.74 Å². The topological polar surface area (TPSA) is 55.4 Å². The summed E-state index contributed by atoms with van der Waals surface area (Å²) in [6.45, 7) is 11.3. The maximum atomic E-state index is 12.7. The highest BCUT2D eigenvalue weighted by Gasteiger charge is 2.34. The molecule has 0 aromatic carbocycles. The van der Waals surface area contributed by atoms with E-state index in [9.17, 15) is 9.59 Å². The monoisotopic (exact) mass is 463 g/mol. The van der Waals surface area contributed by atoms with E-state index in [1.165, 1.54) is 49.8 Å². The van der Waals surface area contributed by atoms with Crippen LogP contribution in [-0.4, -0.2) is 18.5 Å². The van der Waals surface area contributed by atoms with Crippen molar-refractivity contribution in [1.29, 1.82) is 0 Å². The average molecular weight is 464 g/mol. The van der Waals surface area contributed by atoms with E-state index in [2.05, 4.69) is 33.0 Å². The van der Waals surface area contributed by atoms with Gasteiger partial charge in [0.2, 0.25) is 5.91 Å². The van der Waals surface area contributed by atoms with Gasteiger partial charge in [-0.05, 0) is 49.5 Å². The Labute approximate surface area is 199 Å². The molecule has 1 aliphatic rings. The van der Waals surface area contributed by atoms with E-state index in [1.807, 2.05) is 6.92 Å². The zero-order valence-corrected chi connectivity index (χ0v) is 21.9. The van der Waals surface area contributed by atoms with Gasteiger partial charge in [-0.1, -0.05) is 79.1 Å². The van der Waals surface area contributed by atoms with Gasteiger partial charge in [0.05, 0.1) is 12.2 Å². The number of carbonyl (C=O) groups is 2. The molecule has 0 radical (unpaired) electrons. The molecule has 4 nitrogen and oxygen atoms in total. The van der Waals surface area contributed by atoms with Gasteiger partial charge in [-0.3, -0.25) is 4.79 Å². The number of hydrogen-bond acceptors (Lipinski definition) is 4. The number of nitrogens with one attached hydrogen (secondary N) is 1. The zero-order chi connectivity index (χ0) is 23.6. The smallest absolute Gasteiger partial charge is 0.341 e. The third-order valence-electron chi connectivity index (χ3n) is 6.73. The lowest BCUT2D eigenvalue weighted by molar-refractivity contribution is -0.116. The maximum Gasteiger partial charge on any atom is 0.341 e. The van der Waals surface area contributed by atoms with Gasteiger partial charge >= 0.3 is 5.97 Å². The fourth-order valence-electron chi connectivity index (χ4n) is 4.62. The Balaban J connectivity index is 1.90. The number of fused-ring (bicyclic) bond motifs is 1. The summed E-state index contributed by atoms with van der Waals surface area (Å²) >= 11 is 1.59. The van der Waals surface area contributed by atoms with Crippen molar-refractivity contribution in [2.24, 2.45) is 11.3 Å². The summed E-state index contributed by atoms with van der Waals surface area (Å²) in [5, 5.41) is 3.76. The number of carbonyl (C=O) groups excluding carboxylic acids is 2. The third-order valence-corrected chi connectivity index (χ3v) is 7.90. The normalized spacial score (nSPS) is 16.0. The van der Waals surface area contributed by atoms with Crippen molar-refractivity contribution in [3.8, 4) is 0 Å². The van der Waals surface area contributed by atoms with Crippen LogP contribution in [0.15, 0.2) is 0 Å². The van der Waals surface area contributed by atoms with Crippen LogP contribution in [-0.2, 0) is 22.4 Å². The molecule has 1 aliphatic carbocycles. The molecule has 1 aromatic heterocycles. The first-order chi connectivity index (χ1) is 15.3. The van der Waals surface area contributed by atoms with E-state index in [0.717, 1.165) is 37.7 Å². The van der Waals surface area contributed by atoms with Crippen LogP contribution in [0.1, 0.15) is 126 Å². The van der Waals surface area contributed by atoms with Crippen LogP contribution in [0.4, 0.5) is 5.00 Å². The lowest BCUT2D eigenvalue weighted by Crippen LogP contribution is -2.26. The molecular formula is C27H45NO3S. The van der Waals surface area contributed by atoms with Crippen molar-refractivity contribution < 1.29 is 14.3 Å². The number of ether oxygens (including phenoxy) is 1. The Bertz CT molecular complexity index is 732. The van der Waals surface area contributed by atoms with Crippen LogP contribution in [0, 0.1) is 11.3 Å². The minimum absolute atomic E-state index is 0.0180.